The Morgan fingerprint density at radius 2 is 2.33 bits per heavy atom. The topological polar surface area (TPSA) is 52.0 Å². The molecule has 2 heterocycles. The van der Waals surface area contributed by atoms with Crippen LogP contribution in [0.15, 0.2) is 18.5 Å². The van der Waals surface area contributed by atoms with E-state index in [4.69, 9.17) is 0 Å². The minimum atomic E-state index is -2.91. The van der Waals surface area contributed by atoms with Gasteiger partial charge in [0.1, 0.15) is 0 Å². The van der Waals surface area contributed by atoms with Gasteiger partial charge in [-0.05, 0) is 18.9 Å². The van der Waals surface area contributed by atoms with Crippen molar-refractivity contribution in [2.75, 3.05) is 5.75 Å². The molecule has 0 saturated carbocycles. The Morgan fingerprint density at radius 1 is 1.50 bits per heavy atom. The predicted octanol–water partition coefficient (Wildman–Crippen LogP) is 0.590. The molecule has 1 unspecified atom stereocenters. The molecule has 4 nitrogen and oxygen atoms in total. The van der Waals surface area contributed by atoms with Crippen molar-refractivity contribution >= 4 is 9.84 Å². The standard InChI is InChI=1S/C7H10N2O2S/c10-12(11)6-1-3-7(12)9-5-2-4-8-9/h2,4-5,7H,1,3,6H2. The van der Waals surface area contributed by atoms with E-state index in [0.29, 0.717) is 12.2 Å². The Kier molecular flexibility index (Phi) is 1.68. The van der Waals surface area contributed by atoms with Gasteiger partial charge in [-0.1, -0.05) is 0 Å². The van der Waals surface area contributed by atoms with Crippen LogP contribution in [0.3, 0.4) is 0 Å². The van der Waals surface area contributed by atoms with Crippen LogP contribution in [0.1, 0.15) is 18.2 Å². The van der Waals surface area contributed by atoms with E-state index in [1.165, 1.54) is 4.68 Å². The van der Waals surface area contributed by atoms with Crippen molar-refractivity contribution in [2.24, 2.45) is 0 Å². The number of rotatable bonds is 1. The molecule has 0 N–H and O–H groups in total. The molecule has 1 aromatic heterocycles. The quantitative estimate of drug-likeness (QED) is 0.645. The molecule has 1 saturated heterocycles. The third-order valence-electron chi connectivity index (χ3n) is 2.11. The fourth-order valence-corrected chi connectivity index (χ4v) is 3.34. The summed E-state index contributed by atoms with van der Waals surface area (Å²) in [5, 5.41) is 3.52. The lowest BCUT2D eigenvalue weighted by Crippen LogP contribution is -2.15. The van der Waals surface area contributed by atoms with Gasteiger partial charge in [0, 0.05) is 12.4 Å². The highest BCUT2D eigenvalue weighted by atomic mass is 32.2. The van der Waals surface area contributed by atoms with E-state index in [9.17, 15) is 8.42 Å². The maximum absolute atomic E-state index is 11.4. The molecule has 1 aromatic rings. The minimum Gasteiger partial charge on any atom is -0.255 e. The van der Waals surface area contributed by atoms with Gasteiger partial charge in [-0.2, -0.15) is 5.10 Å². The molecule has 12 heavy (non-hydrogen) atoms. The highest BCUT2D eigenvalue weighted by molar-refractivity contribution is 7.91. The third-order valence-corrected chi connectivity index (χ3v) is 4.25. The summed E-state index contributed by atoms with van der Waals surface area (Å²) in [6.45, 7) is 0. The van der Waals surface area contributed by atoms with E-state index < -0.39 is 15.2 Å². The molecule has 1 fully saturated rings. The second-order valence-electron chi connectivity index (χ2n) is 2.95. The van der Waals surface area contributed by atoms with Gasteiger partial charge >= 0.3 is 0 Å². The second-order valence-corrected chi connectivity index (χ2v) is 5.23. The highest BCUT2D eigenvalue weighted by Crippen LogP contribution is 2.28. The molecule has 0 bridgehead atoms. The zero-order valence-electron chi connectivity index (χ0n) is 6.55. The molecule has 1 aliphatic heterocycles. The molecule has 0 amide bonds. The van der Waals surface area contributed by atoms with Crippen LogP contribution in [0.5, 0.6) is 0 Å². The molecule has 2 rings (SSSR count). The molecule has 0 spiro atoms. The minimum absolute atomic E-state index is 0.303. The first-order chi connectivity index (χ1) is 5.70. The fourth-order valence-electron chi connectivity index (χ4n) is 1.52. The number of hydrogen-bond acceptors (Lipinski definition) is 3. The average molecular weight is 186 g/mol. The first-order valence-corrected chi connectivity index (χ1v) is 5.62. The van der Waals surface area contributed by atoms with Gasteiger partial charge in [-0.25, -0.2) is 8.42 Å². The van der Waals surface area contributed by atoms with Crippen molar-refractivity contribution in [2.45, 2.75) is 18.2 Å². The van der Waals surface area contributed by atoms with Gasteiger partial charge in [-0.15, -0.1) is 0 Å². The van der Waals surface area contributed by atoms with Crippen molar-refractivity contribution in [3.63, 3.8) is 0 Å². The Hall–Kier alpha value is -0.840. The molecular weight excluding hydrogens is 176 g/mol. The van der Waals surface area contributed by atoms with E-state index in [0.717, 1.165) is 6.42 Å². The third kappa shape index (κ3) is 1.14. The molecule has 0 radical (unpaired) electrons. The van der Waals surface area contributed by atoms with Crippen LogP contribution in [0.2, 0.25) is 0 Å². The van der Waals surface area contributed by atoms with E-state index in [2.05, 4.69) is 5.10 Å². The van der Waals surface area contributed by atoms with E-state index in [1.807, 2.05) is 0 Å². The fraction of sp³-hybridized carbons (Fsp3) is 0.571. The smallest absolute Gasteiger partial charge is 0.173 e. The molecule has 1 atom stereocenters. The van der Waals surface area contributed by atoms with Crippen molar-refractivity contribution in [1.82, 2.24) is 9.78 Å². The van der Waals surface area contributed by atoms with E-state index in [-0.39, 0.29) is 0 Å². The first-order valence-electron chi connectivity index (χ1n) is 3.91. The van der Waals surface area contributed by atoms with Gasteiger partial charge in [0.2, 0.25) is 0 Å². The number of nitrogens with zero attached hydrogens (tertiary/aromatic N) is 2. The summed E-state index contributed by atoms with van der Waals surface area (Å²) >= 11 is 0. The zero-order valence-corrected chi connectivity index (χ0v) is 7.37. The largest absolute Gasteiger partial charge is 0.255 e. The van der Waals surface area contributed by atoms with Crippen LogP contribution < -0.4 is 0 Å². The summed E-state index contributed by atoms with van der Waals surface area (Å²) in [5.74, 6) is 0.303. The van der Waals surface area contributed by atoms with Crippen LogP contribution in [0.4, 0.5) is 0 Å². The molecular formula is C7H10N2O2S. The summed E-state index contributed by atoms with van der Waals surface area (Å²) < 4.78 is 24.3. The maximum atomic E-state index is 11.4. The van der Waals surface area contributed by atoms with Crippen LogP contribution >= 0.6 is 0 Å². The van der Waals surface area contributed by atoms with E-state index in [1.54, 1.807) is 18.5 Å². The summed E-state index contributed by atoms with van der Waals surface area (Å²) in [4.78, 5) is 0. The Bertz CT molecular complexity index is 355. The van der Waals surface area contributed by atoms with Crippen LogP contribution in [-0.4, -0.2) is 24.0 Å². The second kappa shape index (κ2) is 2.58. The van der Waals surface area contributed by atoms with Crippen LogP contribution in [0.25, 0.3) is 0 Å². The Labute approximate surface area is 71.1 Å². The summed E-state index contributed by atoms with van der Waals surface area (Å²) in [7, 11) is -2.91. The van der Waals surface area contributed by atoms with Crippen molar-refractivity contribution in [3.05, 3.63) is 18.5 Å². The van der Waals surface area contributed by atoms with Gasteiger partial charge in [0.05, 0.1) is 5.75 Å². The van der Waals surface area contributed by atoms with Gasteiger partial charge in [-0.3, -0.25) is 4.68 Å². The monoisotopic (exact) mass is 186 g/mol. The summed E-state index contributed by atoms with van der Waals surface area (Å²) in [6.07, 6.45) is 4.76. The van der Waals surface area contributed by atoms with Gasteiger partial charge in [0.25, 0.3) is 0 Å². The molecule has 0 aromatic carbocycles. The normalized spacial score (nSPS) is 27.5. The lowest BCUT2D eigenvalue weighted by Gasteiger charge is -2.08. The van der Waals surface area contributed by atoms with Gasteiger partial charge < -0.3 is 0 Å². The molecule has 66 valence electrons. The first kappa shape index (κ1) is 7.79. The Balaban J connectivity index is 2.37. The molecule has 1 aliphatic rings. The zero-order chi connectivity index (χ0) is 8.60. The van der Waals surface area contributed by atoms with Crippen molar-refractivity contribution in [1.29, 1.82) is 0 Å². The predicted molar refractivity (Wildman–Crippen MR) is 44.3 cm³/mol. The van der Waals surface area contributed by atoms with Crippen molar-refractivity contribution in [3.8, 4) is 0 Å². The SMILES string of the molecule is O=S1(=O)CCCC1n1cccn1. The van der Waals surface area contributed by atoms with E-state index >= 15 is 0 Å². The summed E-state index contributed by atoms with van der Waals surface area (Å²) in [5.41, 5.74) is 0. The van der Waals surface area contributed by atoms with Gasteiger partial charge in [0.15, 0.2) is 15.2 Å². The lowest BCUT2D eigenvalue weighted by molar-refractivity contribution is 0.527. The highest BCUT2D eigenvalue weighted by Gasteiger charge is 2.32. The molecule has 5 heteroatoms. The number of hydrogen-bond donors (Lipinski definition) is 0. The maximum Gasteiger partial charge on any atom is 0.173 e. The summed E-state index contributed by atoms with van der Waals surface area (Å²) in [6, 6.07) is 1.74. The Morgan fingerprint density at radius 3 is 2.83 bits per heavy atom. The lowest BCUT2D eigenvalue weighted by atomic mass is 10.3. The van der Waals surface area contributed by atoms with Crippen molar-refractivity contribution < 1.29 is 8.42 Å². The number of aromatic nitrogens is 2. The van der Waals surface area contributed by atoms with Crippen LogP contribution in [-0.2, 0) is 9.84 Å². The number of sulfone groups is 1. The van der Waals surface area contributed by atoms with Crippen LogP contribution in [0, 0.1) is 0 Å². The average Bonchev–Trinajstić information content (AvgIpc) is 2.55. The molecule has 0 aliphatic carbocycles.